The Morgan fingerprint density at radius 2 is 2.12 bits per heavy atom. The van der Waals surface area contributed by atoms with Gasteiger partial charge in [0.2, 0.25) is 5.91 Å². The molecule has 3 heteroatoms. The monoisotopic (exact) mass is 114 g/mol. The summed E-state index contributed by atoms with van der Waals surface area (Å²) in [6.07, 6.45) is 0. The van der Waals surface area contributed by atoms with Gasteiger partial charge in [-0.1, -0.05) is 6.58 Å². The van der Waals surface area contributed by atoms with Gasteiger partial charge in [-0.25, -0.2) is 0 Å². The SMILES string of the molecule is C=C(C)C(=O)N(C)[O-]. The van der Waals surface area contributed by atoms with E-state index in [2.05, 4.69) is 6.58 Å². The van der Waals surface area contributed by atoms with Crippen molar-refractivity contribution in [1.82, 2.24) is 5.06 Å². The van der Waals surface area contributed by atoms with Crippen LogP contribution in [0.15, 0.2) is 12.2 Å². The van der Waals surface area contributed by atoms with Gasteiger partial charge in [-0.15, -0.1) is 0 Å². The summed E-state index contributed by atoms with van der Waals surface area (Å²) >= 11 is 0. The van der Waals surface area contributed by atoms with Crippen molar-refractivity contribution in [2.45, 2.75) is 6.92 Å². The molecular weight excluding hydrogens is 106 g/mol. The number of likely N-dealkylation sites (N-methyl/N-ethyl adjacent to an activating group) is 1. The van der Waals surface area contributed by atoms with E-state index in [4.69, 9.17) is 0 Å². The van der Waals surface area contributed by atoms with Gasteiger partial charge in [0.15, 0.2) is 0 Å². The van der Waals surface area contributed by atoms with Crippen LogP contribution >= 0.6 is 0 Å². The molecule has 1 amide bonds. The quantitative estimate of drug-likeness (QED) is 0.368. The zero-order valence-electron chi connectivity index (χ0n) is 4.97. The van der Waals surface area contributed by atoms with E-state index in [-0.39, 0.29) is 10.6 Å². The van der Waals surface area contributed by atoms with Gasteiger partial charge in [0, 0.05) is 5.57 Å². The van der Waals surface area contributed by atoms with Gasteiger partial charge in [-0.05, 0) is 14.0 Å². The van der Waals surface area contributed by atoms with Crippen molar-refractivity contribution in [2.24, 2.45) is 0 Å². The number of hydrogen-bond donors (Lipinski definition) is 0. The highest BCUT2D eigenvalue weighted by atomic mass is 16.5. The first-order valence-corrected chi connectivity index (χ1v) is 2.16. The predicted molar refractivity (Wildman–Crippen MR) is 31.0 cm³/mol. The van der Waals surface area contributed by atoms with E-state index in [0.29, 0.717) is 0 Å². The smallest absolute Gasteiger partial charge is 0.238 e. The average Bonchev–Trinajstić information content (AvgIpc) is 1.64. The van der Waals surface area contributed by atoms with Gasteiger partial charge >= 0.3 is 0 Å². The fraction of sp³-hybridized carbons (Fsp3) is 0.400. The summed E-state index contributed by atoms with van der Waals surface area (Å²) in [6.45, 7) is 4.78. The van der Waals surface area contributed by atoms with Crippen molar-refractivity contribution in [3.63, 3.8) is 0 Å². The van der Waals surface area contributed by atoms with Gasteiger partial charge in [0.1, 0.15) is 0 Å². The van der Waals surface area contributed by atoms with Crippen LogP contribution in [-0.2, 0) is 4.79 Å². The number of hydroxylamine groups is 2. The number of carbonyl (C=O) groups excluding carboxylic acids is 1. The minimum absolute atomic E-state index is 0.252. The number of hydrogen-bond acceptors (Lipinski definition) is 2. The molecule has 3 nitrogen and oxygen atoms in total. The fourth-order valence-electron chi connectivity index (χ4n) is 0.269. The number of rotatable bonds is 1. The molecular formula is C5H8NO2-. The fourth-order valence-corrected chi connectivity index (χ4v) is 0.269. The van der Waals surface area contributed by atoms with Crippen molar-refractivity contribution < 1.29 is 4.79 Å². The minimum Gasteiger partial charge on any atom is -0.756 e. The van der Waals surface area contributed by atoms with Crippen molar-refractivity contribution in [3.8, 4) is 0 Å². The molecule has 0 aliphatic rings. The third-order valence-corrected chi connectivity index (χ3v) is 0.651. The molecule has 0 spiro atoms. The highest BCUT2D eigenvalue weighted by Gasteiger charge is 1.96. The molecule has 0 fully saturated rings. The zero-order valence-corrected chi connectivity index (χ0v) is 4.97. The lowest BCUT2D eigenvalue weighted by Crippen LogP contribution is -2.19. The van der Waals surface area contributed by atoms with Crippen LogP contribution in [0.2, 0.25) is 0 Å². The number of carbonyl (C=O) groups is 1. The Hall–Kier alpha value is -0.830. The second-order valence-electron chi connectivity index (χ2n) is 1.58. The standard InChI is InChI=1S/C5H8NO2/c1-4(2)5(7)6(3)8/h1H2,2-3H3/q-1. The lowest BCUT2D eigenvalue weighted by atomic mass is 10.3. The van der Waals surface area contributed by atoms with Crippen LogP contribution in [0, 0.1) is 5.21 Å². The van der Waals surface area contributed by atoms with Crippen LogP contribution < -0.4 is 0 Å². The van der Waals surface area contributed by atoms with E-state index in [1.807, 2.05) is 0 Å². The van der Waals surface area contributed by atoms with Crippen LogP contribution in [0.5, 0.6) is 0 Å². The Morgan fingerprint density at radius 3 is 2.12 bits per heavy atom. The lowest BCUT2D eigenvalue weighted by Gasteiger charge is -2.21. The third-order valence-electron chi connectivity index (χ3n) is 0.651. The molecule has 0 rings (SSSR count). The molecule has 0 aromatic rings. The molecule has 0 heterocycles. The summed E-state index contributed by atoms with van der Waals surface area (Å²) in [4.78, 5) is 10.4. The van der Waals surface area contributed by atoms with E-state index in [1.54, 1.807) is 0 Å². The topological polar surface area (TPSA) is 43.4 Å². The van der Waals surface area contributed by atoms with Crippen molar-refractivity contribution in [1.29, 1.82) is 0 Å². The molecule has 0 aromatic heterocycles. The first-order valence-electron chi connectivity index (χ1n) is 2.16. The van der Waals surface area contributed by atoms with E-state index in [1.165, 1.54) is 6.92 Å². The molecule has 0 aliphatic heterocycles. The van der Waals surface area contributed by atoms with E-state index < -0.39 is 5.91 Å². The van der Waals surface area contributed by atoms with Gasteiger partial charge in [0.05, 0.1) is 0 Å². The van der Waals surface area contributed by atoms with Crippen LogP contribution in [0.3, 0.4) is 0 Å². The highest BCUT2D eigenvalue weighted by molar-refractivity contribution is 5.92. The molecule has 0 radical (unpaired) electrons. The first-order chi connectivity index (χ1) is 3.55. The molecule has 0 bridgehead atoms. The molecule has 0 unspecified atom stereocenters. The van der Waals surface area contributed by atoms with E-state index >= 15 is 0 Å². The second-order valence-corrected chi connectivity index (χ2v) is 1.58. The molecule has 0 saturated heterocycles. The van der Waals surface area contributed by atoms with Crippen molar-refractivity contribution in [3.05, 3.63) is 17.4 Å². The summed E-state index contributed by atoms with van der Waals surface area (Å²) in [7, 11) is 1.15. The first kappa shape index (κ1) is 7.17. The Morgan fingerprint density at radius 1 is 1.75 bits per heavy atom. The molecule has 0 N–H and O–H groups in total. The third kappa shape index (κ3) is 1.75. The molecule has 8 heavy (non-hydrogen) atoms. The maximum absolute atomic E-state index is 10.4. The maximum Gasteiger partial charge on any atom is 0.238 e. The van der Waals surface area contributed by atoms with Crippen LogP contribution in [0.4, 0.5) is 0 Å². The number of nitrogens with zero attached hydrogens (tertiary/aromatic N) is 1. The van der Waals surface area contributed by atoms with Crippen molar-refractivity contribution >= 4 is 5.91 Å². The summed E-state index contributed by atoms with van der Waals surface area (Å²) in [5, 5.41) is 10.3. The Labute approximate surface area is 48.2 Å². The molecule has 0 saturated carbocycles. The molecule has 0 atom stereocenters. The summed E-state index contributed by atoms with van der Waals surface area (Å²) in [5.41, 5.74) is 0.266. The Balaban J connectivity index is 3.84. The summed E-state index contributed by atoms with van der Waals surface area (Å²) in [5.74, 6) is -0.565. The summed E-state index contributed by atoms with van der Waals surface area (Å²) in [6, 6.07) is 0. The van der Waals surface area contributed by atoms with Crippen molar-refractivity contribution in [2.75, 3.05) is 7.05 Å². The molecule has 0 aromatic carbocycles. The second kappa shape index (κ2) is 2.47. The molecule has 46 valence electrons. The van der Waals surface area contributed by atoms with E-state index in [9.17, 15) is 10.0 Å². The van der Waals surface area contributed by atoms with Crippen LogP contribution in [0.25, 0.3) is 0 Å². The largest absolute Gasteiger partial charge is 0.756 e. The van der Waals surface area contributed by atoms with Gasteiger partial charge in [-0.3, -0.25) is 4.79 Å². The predicted octanol–water partition coefficient (Wildman–Crippen LogP) is 0.519. The Bertz CT molecular complexity index is 118. The zero-order chi connectivity index (χ0) is 6.73. The van der Waals surface area contributed by atoms with Crippen LogP contribution in [0.1, 0.15) is 6.92 Å². The van der Waals surface area contributed by atoms with Gasteiger partial charge in [0.25, 0.3) is 0 Å². The Kier molecular flexibility index (Phi) is 2.21. The van der Waals surface area contributed by atoms with Crippen LogP contribution in [-0.4, -0.2) is 18.0 Å². The van der Waals surface area contributed by atoms with Gasteiger partial charge in [-0.2, -0.15) is 0 Å². The maximum atomic E-state index is 10.4. The summed E-state index contributed by atoms with van der Waals surface area (Å²) < 4.78 is 0. The van der Waals surface area contributed by atoms with Gasteiger partial charge < -0.3 is 10.3 Å². The normalized spacial score (nSPS) is 8.38. The highest BCUT2D eigenvalue weighted by Crippen LogP contribution is 1.91. The lowest BCUT2D eigenvalue weighted by molar-refractivity contribution is -0.123. The van der Waals surface area contributed by atoms with E-state index in [0.717, 1.165) is 7.05 Å². The average molecular weight is 114 g/mol. The molecule has 0 aliphatic carbocycles. The number of amides is 1. The minimum atomic E-state index is -0.565.